The normalized spacial score (nSPS) is 10.4. The second-order valence-electron chi connectivity index (χ2n) is 3.65. The van der Waals surface area contributed by atoms with Crippen LogP contribution in [-0.2, 0) is 6.42 Å². The van der Waals surface area contributed by atoms with Crippen molar-refractivity contribution in [2.24, 2.45) is 0 Å². The monoisotopic (exact) mass is 283 g/mol. The number of benzene rings is 1. The first-order valence-electron chi connectivity index (χ1n) is 5.51. The molecule has 5 heteroatoms. The quantitative estimate of drug-likeness (QED) is 0.786. The third-order valence-corrected chi connectivity index (χ3v) is 3.65. The zero-order valence-electron chi connectivity index (χ0n) is 10.3. The molecule has 0 saturated heterocycles. The highest BCUT2D eigenvalue weighted by atomic mass is 35.5. The minimum absolute atomic E-state index is 0.582. The second kappa shape index (κ2) is 6.07. The maximum absolute atomic E-state index is 5.72. The number of thiazole rings is 1. The van der Waals surface area contributed by atoms with Crippen molar-refractivity contribution in [2.45, 2.75) is 6.42 Å². The van der Waals surface area contributed by atoms with Crippen molar-refractivity contribution in [3.05, 3.63) is 29.3 Å². The zero-order chi connectivity index (χ0) is 13.0. The van der Waals surface area contributed by atoms with Gasteiger partial charge < -0.3 is 9.47 Å². The van der Waals surface area contributed by atoms with Crippen LogP contribution in [-0.4, -0.2) is 25.1 Å². The fraction of sp³-hybridized carbons (Fsp3) is 0.308. The molecule has 0 unspecified atom stereocenters. The molecule has 1 heterocycles. The van der Waals surface area contributed by atoms with Gasteiger partial charge in [-0.3, -0.25) is 0 Å². The Morgan fingerprint density at radius 2 is 2.11 bits per heavy atom. The summed E-state index contributed by atoms with van der Waals surface area (Å²) in [5.74, 6) is 2.17. The van der Waals surface area contributed by atoms with Crippen molar-refractivity contribution < 1.29 is 9.47 Å². The lowest BCUT2D eigenvalue weighted by molar-refractivity contribution is 0.404. The third kappa shape index (κ3) is 2.76. The number of aryl methyl sites for hydroxylation is 1. The summed E-state index contributed by atoms with van der Waals surface area (Å²) in [6.07, 6.45) is 0.782. The van der Waals surface area contributed by atoms with E-state index < -0.39 is 0 Å². The second-order valence-corrected chi connectivity index (χ2v) is 4.89. The van der Waals surface area contributed by atoms with Gasteiger partial charge in [-0.1, -0.05) is 0 Å². The molecule has 3 nitrogen and oxygen atoms in total. The van der Waals surface area contributed by atoms with Crippen molar-refractivity contribution in [3.63, 3.8) is 0 Å². The van der Waals surface area contributed by atoms with Crippen LogP contribution in [0.15, 0.2) is 23.6 Å². The number of hydrogen-bond acceptors (Lipinski definition) is 4. The van der Waals surface area contributed by atoms with E-state index in [1.807, 2.05) is 23.6 Å². The fourth-order valence-electron chi connectivity index (χ4n) is 1.62. The van der Waals surface area contributed by atoms with E-state index in [1.54, 1.807) is 25.6 Å². The van der Waals surface area contributed by atoms with Gasteiger partial charge >= 0.3 is 0 Å². The van der Waals surface area contributed by atoms with Crippen LogP contribution < -0.4 is 9.47 Å². The molecule has 0 fully saturated rings. The lowest BCUT2D eigenvalue weighted by atomic mass is 10.2. The molecular formula is C13H14ClNO2S. The average molecular weight is 284 g/mol. The van der Waals surface area contributed by atoms with Gasteiger partial charge in [-0.25, -0.2) is 4.98 Å². The molecule has 1 aromatic heterocycles. The van der Waals surface area contributed by atoms with Gasteiger partial charge in [-0.15, -0.1) is 22.9 Å². The molecule has 0 radical (unpaired) electrons. The Balaban J connectivity index is 2.40. The van der Waals surface area contributed by atoms with Crippen molar-refractivity contribution in [3.8, 4) is 22.1 Å². The molecule has 2 rings (SSSR count). The minimum Gasteiger partial charge on any atom is -0.497 e. The number of halogens is 1. The molecule has 0 spiro atoms. The Kier molecular flexibility index (Phi) is 4.44. The van der Waals surface area contributed by atoms with Gasteiger partial charge in [0.2, 0.25) is 0 Å². The van der Waals surface area contributed by atoms with Crippen LogP contribution in [0, 0.1) is 0 Å². The first-order chi connectivity index (χ1) is 8.78. The summed E-state index contributed by atoms with van der Waals surface area (Å²) < 4.78 is 10.6. The molecule has 18 heavy (non-hydrogen) atoms. The molecule has 2 aromatic rings. The summed E-state index contributed by atoms with van der Waals surface area (Å²) in [6.45, 7) is 0. The molecule has 0 bridgehead atoms. The predicted octanol–water partition coefficient (Wildman–Crippen LogP) is 3.61. The number of rotatable bonds is 5. The molecule has 0 atom stereocenters. The number of aromatic nitrogens is 1. The van der Waals surface area contributed by atoms with E-state index in [1.165, 1.54) is 0 Å². The van der Waals surface area contributed by atoms with E-state index >= 15 is 0 Å². The van der Waals surface area contributed by atoms with Crippen LogP contribution in [0.5, 0.6) is 11.5 Å². The van der Waals surface area contributed by atoms with Gasteiger partial charge in [0.15, 0.2) is 0 Å². The Morgan fingerprint density at radius 1 is 1.28 bits per heavy atom. The largest absolute Gasteiger partial charge is 0.497 e. The maximum atomic E-state index is 5.72. The summed E-state index contributed by atoms with van der Waals surface area (Å²) in [5.41, 5.74) is 1.96. The number of nitrogens with zero attached hydrogens (tertiary/aromatic N) is 1. The molecule has 0 amide bonds. The van der Waals surface area contributed by atoms with Crippen LogP contribution in [0.4, 0.5) is 0 Å². The Morgan fingerprint density at radius 3 is 2.78 bits per heavy atom. The van der Waals surface area contributed by atoms with E-state index in [9.17, 15) is 0 Å². The van der Waals surface area contributed by atoms with Gasteiger partial charge in [0, 0.05) is 17.7 Å². The lowest BCUT2D eigenvalue weighted by Gasteiger charge is -2.08. The van der Waals surface area contributed by atoms with Crippen molar-refractivity contribution in [2.75, 3.05) is 20.1 Å². The molecule has 0 aliphatic heterocycles. The SMILES string of the molecule is COc1ccc(OC)c(-c2nc(CCCl)cs2)c1. The van der Waals surface area contributed by atoms with E-state index in [4.69, 9.17) is 21.1 Å². The van der Waals surface area contributed by atoms with Crippen molar-refractivity contribution in [1.29, 1.82) is 0 Å². The number of ether oxygens (including phenoxy) is 2. The van der Waals surface area contributed by atoms with E-state index in [2.05, 4.69) is 4.98 Å². The van der Waals surface area contributed by atoms with E-state index in [0.717, 1.165) is 34.2 Å². The van der Waals surface area contributed by atoms with Gasteiger partial charge in [-0.2, -0.15) is 0 Å². The number of alkyl halides is 1. The highest BCUT2D eigenvalue weighted by molar-refractivity contribution is 7.13. The summed E-state index contributed by atoms with van der Waals surface area (Å²) in [6, 6.07) is 5.69. The van der Waals surface area contributed by atoms with Gasteiger partial charge in [0.25, 0.3) is 0 Å². The molecule has 0 aliphatic carbocycles. The van der Waals surface area contributed by atoms with Gasteiger partial charge in [0.1, 0.15) is 16.5 Å². The average Bonchev–Trinajstić information content (AvgIpc) is 2.87. The highest BCUT2D eigenvalue weighted by Crippen LogP contribution is 2.35. The number of hydrogen-bond donors (Lipinski definition) is 0. The summed E-state index contributed by atoms with van der Waals surface area (Å²) in [5, 5.41) is 2.95. The molecule has 0 saturated carbocycles. The van der Waals surface area contributed by atoms with Crippen LogP contribution in [0.1, 0.15) is 5.69 Å². The first kappa shape index (κ1) is 13.2. The first-order valence-corrected chi connectivity index (χ1v) is 6.92. The Hall–Kier alpha value is -1.26. The molecule has 96 valence electrons. The summed E-state index contributed by atoms with van der Waals surface area (Å²) >= 11 is 7.30. The summed E-state index contributed by atoms with van der Waals surface area (Å²) in [7, 11) is 3.30. The molecular weight excluding hydrogens is 270 g/mol. The third-order valence-electron chi connectivity index (χ3n) is 2.54. The molecule has 0 aliphatic rings. The summed E-state index contributed by atoms with van der Waals surface area (Å²) in [4.78, 5) is 4.55. The van der Waals surface area contributed by atoms with Crippen LogP contribution in [0.25, 0.3) is 10.6 Å². The molecule has 0 N–H and O–H groups in total. The van der Waals surface area contributed by atoms with Crippen LogP contribution >= 0.6 is 22.9 Å². The van der Waals surface area contributed by atoms with Crippen LogP contribution in [0.3, 0.4) is 0 Å². The predicted molar refractivity (Wildman–Crippen MR) is 75.1 cm³/mol. The van der Waals surface area contributed by atoms with Crippen LogP contribution in [0.2, 0.25) is 0 Å². The maximum Gasteiger partial charge on any atom is 0.129 e. The Bertz CT molecular complexity index is 527. The van der Waals surface area contributed by atoms with Gasteiger partial charge in [-0.05, 0) is 18.2 Å². The lowest BCUT2D eigenvalue weighted by Crippen LogP contribution is -1.91. The van der Waals surface area contributed by atoms with E-state index in [0.29, 0.717) is 5.88 Å². The fourth-order valence-corrected chi connectivity index (χ4v) is 2.69. The Labute approximate surface area is 115 Å². The smallest absolute Gasteiger partial charge is 0.129 e. The van der Waals surface area contributed by atoms with Crippen molar-refractivity contribution >= 4 is 22.9 Å². The topological polar surface area (TPSA) is 31.4 Å². The number of methoxy groups -OCH3 is 2. The molecule has 1 aromatic carbocycles. The highest BCUT2D eigenvalue weighted by Gasteiger charge is 2.11. The van der Waals surface area contributed by atoms with E-state index in [-0.39, 0.29) is 0 Å². The van der Waals surface area contributed by atoms with Gasteiger partial charge in [0.05, 0.1) is 25.5 Å². The minimum atomic E-state index is 0.582. The zero-order valence-corrected chi connectivity index (χ0v) is 11.8. The van der Waals surface area contributed by atoms with Crippen molar-refractivity contribution in [1.82, 2.24) is 4.98 Å². The standard InChI is InChI=1S/C13H14ClNO2S/c1-16-10-3-4-12(17-2)11(7-10)13-15-9(5-6-14)8-18-13/h3-4,7-8H,5-6H2,1-2H3.